The van der Waals surface area contributed by atoms with Gasteiger partial charge in [-0.3, -0.25) is 0 Å². The van der Waals surface area contributed by atoms with Crippen molar-refractivity contribution in [3.05, 3.63) is 46.2 Å². The van der Waals surface area contributed by atoms with E-state index >= 15 is 0 Å². The van der Waals surface area contributed by atoms with E-state index in [1.807, 2.05) is 13.8 Å². The van der Waals surface area contributed by atoms with Crippen molar-refractivity contribution in [2.75, 3.05) is 0 Å². The van der Waals surface area contributed by atoms with Crippen molar-refractivity contribution < 1.29 is 8.78 Å². The Balaban J connectivity index is 2.56. The SMILES string of the molecule is CC(C)c1cc(=S)nc(-c2ccc(F)c(F)c2)[nH]1. The minimum absolute atomic E-state index is 0.249. The molecule has 0 aliphatic heterocycles. The topological polar surface area (TPSA) is 28.7 Å². The Hall–Kier alpha value is -1.62. The number of nitrogens with one attached hydrogen (secondary N) is 1. The first-order chi connectivity index (χ1) is 8.47. The minimum Gasteiger partial charge on any atom is -0.343 e. The fraction of sp³-hybridized carbons (Fsp3) is 0.231. The van der Waals surface area contributed by atoms with Crippen LogP contribution in [0.4, 0.5) is 8.78 Å². The van der Waals surface area contributed by atoms with Crippen LogP contribution in [-0.4, -0.2) is 9.97 Å². The predicted octanol–water partition coefficient (Wildman–Crippen LogP) is 4.21. The molecule has 0 aliphatic carbocycles. The second-order valence-corrected chi connectivity index (χ2v) is 4.73. The van der Waals surface area contributed by atoms with E-state index in [4.69, 9.17) is 12.2 Å². The number of aromatic nitrogens is 2. The lowest BCUT2D eigenvalue weighted by atomic mass is 10.1. The van der Waals surface area contributed by atoms with Gasteiger partial charge in [-0.2, -0.15) is 0 Å². The highest BCUT2D eigenvalue weighted by molar-refractivity contribution is 7.71. The smallest absolute Gasteiger partial charge is 0.159 e. The average Bonchev–Trinajstić information content (AvgIpc) is 2.31. The van der Waals surface area contributed by atoms with E-state index in [0.29, 0.717) is 16.0 Å². The van der Waals surface area contributed by atoms with Crippen LogP contribution in [0, 0.1) is 16.3 Å². The molecular weight excluding hydrogens is 254 g/mol. The van der Waals surface area contributed by atoms with Crippen molar-refractivity contribution in [3.8, 4) is 11.4 Å². The molecule has 0 saturated carbocycles. The van der Waals surface area contributed by atoms with Gasteiger partial charge in [0.05, 0.1) is 0 Å². The largest absolute Gasteiger partial charge is 0.343 e. The third-order valence-electron chi connectivity index (χ3n) is 2.58. The molecule has 0 unspecified atom stereocenters. The summed E-state index contributed by atoms with van der Waals surface area (Å²) in [6, 6.07) is 5.41. The van der Waals surface area contributed by atoms with Crippen molar-refractivity contribution in [2.24, 2.45) is 0 Å². The lowest BCUT2D eigenvalue weighted by molar-refractivity contribution is 0.509. The van der Waals surface area contributed by atoms with Crippen LogP contribution < -0.4 is 0 Å². The number of halogens is 2. The zero-order chi connectivity index (χ0) is 13.3. The molecule has 94 valence electrons. The molecule has 0 bridgehead atoms. The third kappa shape index (κ3) is 2.61. The van der Waals surface area contributed by atoms with Crippen LogP contribution in [0.5, 0.6) is 0 Å². The van der Waals surface area contributed by atoms with Crippen LogP contribution in [0.2, 0.25) is 0 Å². The molecule has 1 aromatic heterocycles. The summed E-state index contributed by atoms with van der Waals surface area (Å²) in [6.45, 7) is 4.02. The van der Waals surface area contributed by atoms with Crippen LogP contribution in [0.1, 0.15) is 25.5 Å². The van der Waals surface area contributed by atoms with E-state index in [-0.39, 0.29) is 5.92 Å². The van der Waals surface area contributed by atoms with Crippen molar-refractivity contribution in [3.63, 3.8) is 0 Å². The van der Waals surface area contributed by atoms with Gasteiger partial charge in [0, 0.05) is 11.3 Å². The lowest BCUT2D eigenvalue weighted by Crippen LogP contribution is -1.98. The normalized spacial score (nSPS) is 10.9. The highest BCUT2D eigenvalue weighted by atomic mass is 32.1. The van der Waals surface area contributed by atoms with Gasteiger partial charge in [-0.1, -0.05) is 26.1 Å². The van der Waals surface area contributed by atoms with E-state index in [9.17, 15) is 8.78 Å². The van der Waals surface area contributed by atoms with Crippen molar-refractivity contribution in [2.45, 2.75) is 19.8 Å². The molecule has 2 aromatic rings. The summed E-state index contributed by atoms with van der Waals surface area (Å²) in [6.07, 6.45) is 0. The Morgan fingerprint density at radius 2 is 1.89 bits per heavy atom. The fourth-order valence-corrected chi connectivity index (χ4v) is 1.79. The second kappa shape index (κ2) is 4.94. The molecule has 0 aliphatic rings. The summed E-state index contributed by atoms with van der Waals surface area (Å²) in [4.78, 5) is 7.21. The van der Waals surface area contributed by atoms with Gasteiger partial charge in [0.25, 0.3) is 0 Å². The van der Waals surface area contributed by atoms with E-state index in [2.05, 4.69) is 9.97 Å². The van der Waals surface area contributed by atoms with Crippen LogP contribution in [0.25, 0.3) is 11.4 Å². The Morgan fingerprint density at radius 3 is 2.50 bits per heavy atom. The van der Waals surface area contributed by atoms with Gasteiger partial charge in [-0.25, -0.2) is 13.8 Å². The molecule has 1 N–H and O–H groups in total. The Morgan fingerprint density at radius 1 is 1.17 bits per heavy atom. The van der Waals surface area contributed by atoms with Gasteiger partial charge in [0.2, 0.25) is 0 Å². The first kappa shape index (κ1) is 12.8. The molecule has 0 radical (unpaired) electrons. The molecule has 0 fully saturated rings. The Kier molecular flexibility index (Phi) is 3.52. The van der Waals surface area contributed by atoms with Crippen molar-refractivity contribution in [1.29, 1.82) is 0 Å². The molecular formula is C13H12F2N2S. The monoisotopic (exact) mass is 266 g/mol. The van der Waals surface area contributed by atoms with Gasteiger partial charge in [-0.15, -0.1) is 0 Å². The molecule has 0 spiro atoms. The molecule has 5 heteroatoms. The van der Waals surface area contributed by atoms with Gasteiger partial charge < -0.3 is 4.98 Å². The van der Waals surface area contributed by atoms with Gasteiger partial charge >= 0.3 is 0 Å². The average molecular weight is 266 g/mol. The molecule has 18 heavy (non-hydrogen) atoms. The molecule has 1 aromatic carbocycles. The van der Waals surface area contributed by atoms with E-state index in [1.54, 1.807) is 6.07 Å². The zero-order valence-corrected chi connectivity index (χ0v) is 10.8. The quantitative estimate of drug-likeness (QED) is 0.825. The van der Waals surface area contributed by atoms with Crippen LogP contribution in [0.3, 0.4) is 0 Å². The van der Waals surface area contributed by atoms with Gasteiger partial charge in [-0.05, 0) is 30.2 Å². The van der Waals surface area contributed by atoms with Crippen molar-refractivity contribution in [1.82, 2.24) is 9.97 Å². The van der Waals surface area contributed by atoms with E-state index in [0.717, 1.165) is 17.8 Å². The zero-order valence-electron chi connectivity index (χ0n) is 10.00. The third-order valence-corrected chi connectivity index (χ3v) is 2.79. The molecule has 0 atom stereocenters. The first-order valence-electron chi connectivity index (χ1n) is 5.54. The maximum atomic E-state index is 13.2. The molecule has 0 amide bonds. The summed E-state index contributed by atoms with van der Waals surface area (Å²) in [7, 11) is 0. The highest BCUT2D eigenvalue weighted by Gasteiger charge is 2.08. The summed E-state index contributed by atoms with van der Waals surface area (Å²) >= 11 is 5.07. The maximum absolute atomic E-state index is 13.2. The van der Waals surface area contributed by atoms with Crippen LogP contribution in [0.15, 0.2) is 24.3 Å². The summed E-state index contributed by atoms with van der Waals surface area (Å²) in [5, 5.41) is 0. The standard InChI is InChI=1S/C13H12F2N2S/c1-7(2)11-6-12(18)17-13(16-11)8-3-4-9(14)10(15)5-8/h3-7H,1-2H3,(H,16,17,18). The summed E-state index contributed by atoms with van der Waals surface area (Å²) in [5.41, 5.74) is 1.39. The highest BCUT2D eigenvalue weighted by Crippen LogP contribution is 2.20. The molecule has 1 heterocycles. The van der Waals surface area contributed by atoms with E-state index in [1.165, 1.54) is 6.07 Å². The number of rotatable bonds is 2. The number of benzene rings is 1. The lowest BCUT2D eigenvalue weighted by Gasteiger charge is -2.08. The fourth-order valence-electron chi connectivity index (χ4n) is 1.57. The van der Waals surface area contributed by atoms with Gasteiger partial charge in [0.1, 0.15) is 10.5 Å². The van der Waals surface area contributed by atoms with Crippen LogP contribution in [-0.2, 0) is 0 Å². The predicted molar refractivity (Wildman–Crippen MR) is 68.9 cm³/mol. The first-order valence-corrected chi connectivity index (χ1v) is 5.95. The minimum atomic E-state index is -0.899. The van der Waals surface area contributed by atoms with Crippen LogP contribution >= 0.6 is 12.2 Å². The second-order valence-electron chi connectivity index (χ2n) is 4.31. The molecule has 0 saturated heterocycles. The van der Waals surface area contributed by atoms with E-state index < -0.39 is 11.6 Å². The summed E-state index contributed by atoms with van der Waals surface area (Å²) in [5.74, 6) is -1.08. The van der Waals surface area contributed by atoms with Gasteiger partial charge in [0.15, 0.2) is 11.6 Å². The number of aromatic amines is 1. The number of hydrogen-bond donors (Lipinski definition) is 1. The maximum Gasteiger partial charge on any atom is 0.159 e. The number of hydrogen-bond acceptors (Lipinski definition) is 2. The molecule has 2 nitrogen and oxygen atoms in total. The molecule has 2 rings (SSSR count). The Labute approximate surface area is 109 Å². The summed E-state index contributed by atoms with van der Waals surface area (Å²) < 4.78 is 26.5. The number of nitrogens with zero attached hydrogens (tertiary/aromatic N) is 1. The Bertz CT molecular complexity index is 635. The number of H-pyrrole nitrogens is 1. The van der Waals surface area contributed by atoms with Crippen molar-refractivity contribution >= 4 is 12.2 Å².